The predicted molar refractivity (Wildman–Crippen MR) is 62.8 cm³/mol. The first kappa shape index (κ1) is 10.6. The van der Waals surface area contributed by atoms with Crippen LogP contribution in [0.25, 0.3) is 0 Å². The summed E-state index contributed by atoms with van der Waals surface area (Å²) in [5, 5.41) is 2.00. The summed E-state index contributed by atoms with van der Waals surface area (Å²) in [6, 6.07) is 8.14. The summed E-state index contributed by atoms with van der Waals surface area (Å²) in [5.74, 6) is 0.274. The second-order valence-electron chi connectivity index (χ2n) is 3.01. The number of rotatable bonds is 3. The molecular weight excluding hydrogens is 279 g/mol. The van der Waals surface area contributed by atoms with Gasteiger partial charge in [0, 0.05) is 11.6 Å². The quantitative estimate of drug-likeness (QED) is 0.821. The van der Waals surface area contributed by atoms with E-state index in [9.17, 15) is 4.39 Å². The summed E-state index contributed by atoms with van der Waals surface area (Å²) in [5.41, 5.74) is 1.08. The molecule has 0 saturated carbocycles. The molecule has 1 nitrogen and oxygen atoms in total. The largest absolute Gasteiger partial charge is 0.489 e. The van der Waals surface area contributed by atoms with Gasteiger partial charge in [-0.15, -0.1) is 11.3 Å². The Bertz CT molecular complexity index is 455. The predicted octanol–water partition coefficient (Wildman–Crippen LogP) is 4.23. The molecule has 0 aliphatic heterocycles. The molecule has 1 aromatic heterocycles. The molecule has 15 heavy (non-hydrogen) atoms. The highest BCUT2D eigenvalue weighted by molar-refractivity contribution is 9.11. The normalized spacial score (nSPS) is 10.3. The van der Waals surface area contributed by atoms with Crippen LogP contribution in [0.1, 0.15) is 5.56 Å². The molecule has 1 aromatic carbocycles. The van der Waals surface area contributed by atoms with Gasteiger partial charge < -0.3 is 4.74 Å². The number of ether oxygens (including phenoxy) is 1. The molecule has 2 aromatic rings. The summed E-state index contributed by atoms with van der Waals surface area (Å²) in [7, 11) is 0. The average Bonchev–Trinajstić information content (AvgIpc) is 2.62. The topological polar surface area (TPSA) is 9.23 Å². The Morgan fingerprint density at radius 1 is 1.33 bits per heavy atom. The van der Waals surface area contributed by atoms with Crippen LogP contribution in [0.2, 0.25) is 0 Å². The van der Waals surface area contributed by atoms with Crippen LogP contribution in [0.5, 0.6) is 5.75 Å². The Hall–Kier alpha value is -0.870. The van der Waals surface area contributed by atoms with Gasteiger partial charge in [-0.2, -0.15) is 0 Å². The average molecular weight is 287 g/mol. The zero-order valence-corrected chi connectivity index (χ0v) is 10.1. The number of hydrogen-bond donors (Lipinski definition) is 0. The molecular formula is C11H8BrFOS. The van der Waals surface area contributed by atoms with Gasteiger partial charge >= 0.3 is 0 Å². The molecule has 0 aliphatic carbocycles. The third-order valence-electron chi connectivity index (χ3n) is 1.82. The van der Waals surface area contributed by atoms with Crippen molar-refractivity contribution in [3.63, 3.8) is 0 Å². The van der Waals surface area contributed by atoms with Crippen molar-refractivity contribution in [3.05, 3.63) is 50.9 Å². The maximum absolute atomic E-state index is 12.8. The Balaban J connectivity index is 1.99. The van der Waals surface area contributed by atoms with Crippen LogP contribution in [0, 0.1) is 5.82 Å². The number of hydrogen-bond acceptors (Lipinski definition) is 2. The van der Waals surface area contributed by atoms with Crippen molar-refractivity contribution < 1.29 is 9.13 Å². The van der Waals surface area contributed by atoms with E-state index in [0.717, 1.165) is 9.35 Å². The van der Waals surface area contributed by atoms with Crippen molar-refractivity contribution in [1.82, 2.24) is 0 Å². The molecule has 0 aliphatic rings. The molecule has 2 rings (SSSR count). The van der Waals surface area contributed by atoms with Crippen LogP contribution < -0.4 is 4.74 Å². The van der Waals surface area contributed by atoms with E-state index in [1.54, 1.807) is 23.5 Å². The molecule has 0 radical (unpaired) electrons. The van der Waals surface area contributed by atoms with Crippen LogP contribution in [-0.4, -0.2) is 0 Å². The first-order valence-electron chi connectivity index (χ1n) is 4.35. The molecule has 1 heterocycles. The van der Waals surface area contributed by atoms with E-state index >= 15 is 0 Å². The Morgan fingerprint density at radius 2 is 2.20 bits per heavy atom. The third-order valence-corrected chi connectivity index (χ3v) is 3.38. The second-order valence-corrected chi connectivity index (χ2v) is 5.30. The highest BCUT2D eigenvalue weighted by atomic mass is 79.9. The summed E-state index contributed by atoms with van der Waals surface area (Å²) in [6.07, 6.45) is 0. The van der Waals surface area contributed by atoms with Gasteiger partial charge in [-0.3, -0.25) is 0 Å². The maximum Gasteiger partial charge on any atom is 0.126 e. The lowest BCUT2D eigenvalue weighted by molar-refractivity contribution is 0.305. The first-order valence-corrected chi connectivity index (χ1v) is 6.02. The summed E-state index contributed by atoms with van der Waals surface area (Å²) in [4.78, 5) is 0. The van der Waals surface area contributed by atoms with Crippen molar-refractivity contribution in [2.75, 3.05) is 0 Å². The highest BCUT2D eigenvalue weighted by Crippen LogP contribution is 2.22. The summed E-state index contributed by atoms with van der Waals surface area (Å²) in [6.45, 7) is 0.464. The van der Waals surface area contributed by atoms with Gasteiger partial charge in [0.2, 0.25) is 0 Å². The third kappa shape index (κ3) is 3.04. The van der Waals surface area contributed by atoms with Crippen molar-refractivity contribution in [3.8, 4) is 5.75 Å². The lowest BCUT2D eigenvalue weighted by atomic mass is 10.3. The molecule has 0 amide bonds. The molecule has 0 saturated heterocycles. The van der Waals surface area contributed by atoms with Gasteiger partial charge in [0.05, 0.1) is 3.79 Å². The second kappa shape index (κ2) is 4.77. The minimum Gasteiger partial charge on any atom is -0.489 e. The molecule has 0 atom stereocenters. The van der Waals surface area contributed by atoms with Crippen molar-refractivity contribution in [1.29, 1.82) is 0 Å². The zero-order valence-electron chi connectivity index (χ0n) is 7.74. The van der Waals surface area contributed by atoms with Crippen LogP contribution in [-0.2, 0) is 6.61 Å². The van der Waals surface area contributed by atoms with Crippen LogP contribution in [0.15, 0.2) is 39.5 Å². The summed E-state index contributed by atoms with van der Waals surface area (Å²) >= 11 is 4.98. The molecule has 4 heteroatoms. The number of halogens is 2. The van der Waals surface area contributed by atoms with Gasteiger partial charge in [0.25, 0.3) is 0 Å². The highest BCUT2D eigenvalue weighted by Gasteiger charge is 1.99. The van der Waals surface area contributed by atoms with E-state index in [2.05, 4.69) is 15.9 Å². The van der Waals surface area contributed by atoms with Gasteiger partial charge in [0.15, 0.2) is 0 Å². The Labute approximate surface area is 99.6 Å². The Morgan fingerprint density at radius 3 is 2.87 bits per heavy atom. The standard InChI is InChI=1S/C11H8BrFOS/c12-11-4-8(7-15-11)6-14-10-3-1-2-9(13)5-10/h1-5,7H,6H2. The van der Waals surface area contributed by atoms with Crippen molar-refractivity contribution in [2.45, 2.75) is 6.61 Å². The van der Waals surface area contributed by atoms with Gasteiger partial charge in [-0.1, -0.05) is 6.07 Å². The lowest BCUT2D eigenvalue weighted by Crippen LogP contribution is -1.93. The minimum atomic E-state index is -0.279. The van der Waals surface area contributed by atoms with E-state index in [1.165, 1.54) is 12.1 Å². The molecule has 0 N–H and O–H groups in total. The van der Waals surface area contributed by atoms with Gasteiger partial charge in [0.1, 0.15) is 18.2 Å². The number of thiophene rings is 1. The first-order chi connectivity index (χ1) is 7.24. The smallest absolute Gasteiger partial charge is 0.126 e. The zero-order chi connectivity index (χ0) is 10.7. The Kier molecular flexibility index (Phi) is 3.38. The maximum atomic E-state index is 12.8. The SMILES string of the molecule is Fc1cccc(OCc2csc(Br)c2)c1. The van der Waals surface area contributed by atoms with E-state index in [4.69, 9.17) is 4.74 Å². The van der Waals surface area contributed by atoms with E-state index in [-0.39, 0.29) is 5.82 Å². The monoisotopic (exact) mass is 286 g/mol. The van der Waals surface area contributed by atoms with Crippen LogP contribution in [0.3, 0.4) is 0 Å². The van der Waals surface area contributed by atoms with Gasteiger partial charge in [-0.05, 0) is 39.5 Å². The van der Waals surface area contributed by atoms with Crippen molar-refractivity contribution >= 4 is 27.3 Å². The molecule has 0 bridgehead atoms. The van der Waals surface area contributed by atoms with Crippen LogP contribution >= 0.6 is 27.3 Å². The van der Waals surface area contributed by atoms with Gasteiger partial charge in [-0.25, -0.2) is 4.39 Å². The fraction of sp³-hybridized carbons (Fsp3) is 0.0909. The molecule has 0 spiro atoms. The van der Waals surface area contributed by atoms with Crippen LogP contribution in [0.4, 0.5) is 4.39 Å². The molecule has 78 valence electrons. The van der Waals surface area contributed by atoms with Crippen molar-refractivity contribution in [2.24, 2.45) is 0 Å². The fourth-order valence-electron chi connectivity index (χ4n) is 1.14. The molecule has 0 unspecified atom stereocenters. The fourth-order valence-corrected chi connectivity index (χ4v) is 2.34. The molecule has 0 fully saturated rings. The summed E-state index contributed by atoms with van der Waals surface area (Å²) < 4.78 is 19.3. The number of benzene rings is 1. The van der Waals surface area contributed by atoms with E-state index < -0.39 is 0 Å². The lowest BCUT2D eigenvalue weighted by Gasteiger charge is -2.03. The van der Waals surface area contributed by atoms with E-state index in [0.29, 0.717) is 12.4 Å². The van der Waals surface area contributed by atoms with E-state index in [1.807, 2.05) is 11.4 Å². The minimum absolute atomic E-state index is 0.279.